The molecular weight excluding hydrogens is 484 g/mol. The number of para-hydroxylation sites is 1. The summed E-state index contributed by atoms with van der Waals surface area (Å²) in [6.45, 7) is 0.633. The quantitative estimate of drug-likeness (QED) is 0.353. The summed E-state index contributed by atoms with van der Waals surface area (Å²) >= 11 is 0. The minimum Gasteiger partial charge on any atom is -0.457 e. The van der Waals surface area contributed by atoms with Crippen LogP contribution >= 0.6 is 0 Å². The molecule has 3 aromatic carbocycles. The summed E-state index contributed by atoms with van der Waals surface area (Å²) < 4.78 is 23.3. The normalized spacial score (nSPS) is 21.9. The van der Waals surface area contributed by atoms with Gasteiger partial charge >= 0.3 is 6.09 Å². The number of fused-ring (bicyclic) bond motifs is 1. The molecule has 4 aromatic rings. The van der Waals surface area contributed by atoms with Crippen molar-refractivity contribution < 1.29 is 23.7 Å². The Morgan fingerprint density at radius 3 is 2.32 bits per heavy atom. The highest BCUT2D eigenvalue weighted by molar-refractivity contribution is 5.84. The Morgan fingerprint density at radius 1 is 0.816 bits per heavy atom. The Labute approximate surface area is 219 Å². The second kappa shape index (κ2) is 10.9. The van der Waals surface area contributed by atoms with E-state index in [1.165, 1.54) is 0 Å². The maximum Gasteiger partial charge on any atom is 0.412 e. The smallest absolute Gasteiger partial charge is 0.412 e. The fourth-order valence-corrected chi connectivity index (χ4v) is 4.57. The highest BCUT2D eigenvalue weighted by Crippen LogP contribution is 2.31. The van der Waals surface area contributed by atoms with Gasteiger partial charge in [0.2, 0.25) is 5.95 Å². The summed E-state index contributed by atoms with van der Waals surface area (Å²) in [6.07, 6.45) is -0.0424. The van der Waals surface area contributed by atoms with Crippen LogP contribution in [0.15, 0.2) is 97.2 Å². The van der Waals surface area contributed by atoms with Crippen LogP contribution in [0.5, 0.6) is 11.5 Å². The average molecular weight is 511 g/mol. The van der Waals surface area contributed by atoms with Crippen molar-refractivity contribution in [2.24, 2.45) is 0 Å². The molecule has 2 aliphatic heterocycles. The first-order valence-corrected chi connectivity index (χ1v) is 12.4. The molecule has 9 nitrogen and oxygen atoms in total. The maximum absolute atomic E-state index is 12.6. The zero-order valence-corrected chi connectivity index (χ0v) is 20.4. The predicted octanol–water partition coefficient (Wildman–Crippen LogP) is 5.13. The molecule has 6 rings (SSSR count). The Bertz CT molecular complexity index is 1370. The van der Waals surface area contributed by atoms with E-state index in [1.54, 1.807) is 30.5 Å². The Balaban J connectivity index is 1.02. The van der Waals surface area contributed by atoms with Gasteiger partial charge in [-0.1, -0.05) is 48.5 Å². The van der Waals surface area contributed by atoms with Crippen LogP contribution in [-0.4, -0.2) is 53.6 Å². The standard InChI is InChI=1S/C29H26N4O5/c34-29(31-20-11-13-22(14-12-20)37-21-9-5-2-6-10-21)38-25-18-36-26-24(17-35-27(25)26)33-28-30-16-15-23(32-28)19-7-3-1-4-8-19/h1-16,24-27H,17-18H2,(H,31,34)(H,30,32,33)/t24-,25+,26+,27+/m0/s1. The van der Waals surface area contributed by atoms with Gasteiger partial charge in [-0.05, 0) is 42.5 Å². The van der Waals surface area contributed by atoms with Gasteiger partial charge in [-0.3, -0.25) is 5.32 Å². The summed E-state index contributed by atoms with van der Waals surface area (Å²) in [7, 11) is 0. The van der Waals surface area contributed by atoms with Crippen LogP contribution in [-0.2, 0) is 14.2 Å². The molecule has 192 valence electrons. The molecule has 0 radical (unpaired) electrons. The lowest BCUT2D eigenvalue weighted by Crippen LogP contribution is -2.38. The van der Waals surface area contributed by atoms with Crippen LogP contribution in [0.1, 0.15) is 0 Å². The third kappa shape index (κ3) is 5.44. The highest BCUT2D eigenvalue weighted by Gasteiger charge is 2.49. The number of nitrogens with zero attached hydrogens (tertiary/aromatic N) is 2. The van der Waals surface area contributed by atoms with E-state index in [0.717, 1.165) is 17.0 Å². The molecule has 0 unspecified atom stereocenters. The van der Waals surface area contributed by atoms with Crippen molar-refractivity contribution in [2.75, 3.05) is 23.8 Å². The number of ether oxygens (including phenoxy) is 4. The van der Waals surface area contributed by atoms with Crippen molar-refractivity contribution in [1.29, 1.82) is 0 Å². The summed E-state index contributed by atoms with van der Waals surface area (Å²) in [4.78, 5) is 21.5. The van der Waals surface area contributed by atoms with Gasteiger partial charge < -0.3 is 24.3 Å². The third-order valence-corrected chi connectivity index (χ3v) is 6.39. The van der Waals surface area contributed by atoms with Crippen LogP contribution in [0.25, 0.3) is 11.3 Å². The van der Waals surface area contributed by atoms with Crippen LogP contribution in [0.2, 0.25) is 0 Å². The van der Waals surface area contributed by atoms with Gasteiger partial charge in [-0.15, -0.1) is 0 Å². The first kappa shape index (κ1) is 23.9. The number of benzene rings is 3. The van der Waals surface area contributed by atoms with Gasteiger partial charge in [0.15, 0.2) is 6.10 Å². The predicted molar refractivity (Wildman–Crippen MR) is 141 cm³/mol. The summed E-state index contributed by atoms with van der Waals surface area (Å²) in [5.41, 5.74) is 2.42. The van der Waals surface area contributed by atoms with Crippen LogP contribution in [0.3, 0.4) is 0 Å². The van der Waals surface area contributed by atoms with Gasteiger partial charge in [0.25, 0.3) is 0 Å². The molecule has 9 heteroatoms. The molecule has 1 amide bonds. The molecule has 4 atom stereocenters. The molecule has 3 heterocycles. The molecule has 0 bridgehead atoms. The van der Waals surface area contributed by atoms with Crippen molar-refractivity contribution in [2.45, 2.75) is 24.4 Å². The largest absolute Gasteiger partial charge is 0.457 e. The molecule has 2 N–H and O–H groups in total. The van der Waals surface area contributed by atoms with Crippen molar-refractivity contribution in [3.05, 3.63) is 97.2 Å². The van der Waals surface area contributed by atoms with E-state index in [2.05, 4.69) is 20.6 Å². The molecule has 38 heavy (non-hydrogen) atoms. The fourth-order valence-electron chi connectivity index (χ4n) is 4.57. The number of hydrogen-bond acceptors (Lipinski definition) is 8. The molecule has 2 saturated heterocycles. The zero-order valence-electron chi connectivity index (χ0n) is 20.4. The van der Waals surface area contributed by atoms with E-state index in [0.29, 0.717) is 24.0 Å². The van der Waals surface area contributed by atoms with Crippen molar-refractivity contribution >= 4 is 17.7 Å². The summed E-state index contributed by atoms with van der Waals surface area (Å²) in [5, 5.41) is 6.07. The molecule has 2 fully saturated rings. The van der Waals surface area contributed by atoms with E-state index in [-0.39, 0.29) is 24.9 Å². The minimum atomic E-state index is -0.574. The topological polar surface area (TPSA) is 104 Å². The van der Waals surface area contributed by atoms with E-state index in [4.69, 9.17) is 18.9 Å². The second-order valence-electron chi connectivity index (χ2n) is 8.99. The average Bonchev–Trinajstić information content (AvgIpc) is 3.54. The van der Waals surface area contributed by atoms with Crippen LogP contribution in [0.4, 0.5) is 16.4 Å². The lowest BCUT2D eigenvalue weighted by Gasteiger charge is -2.18. The van der Waals surface area contributed by atoms with Gasteiger partial charge in [0.05, 0.1) is 24.9 Å². The number of anilines is 2. The lowest BCUT2D eigenvalue weighted by molar-refractivity contribution is 0.00917. The number of rotatable bonds is 7. The number of carbonyl (C=O) groups excluding carboxylic acids is 1. The number of aromatic nitrogens is 2. The minimum absolute atomic E-state index is 0.167. The van der Waals surface area contributed by atoms with Gasteiger partial charge in [0.1, 0.15) is 23.7 Å². The first-order chi connectivity index (χ1) is 18.7. The third-order valence-electron chi connectivity index (χ3n) is 6.39. The second-order valence-corrected chi connectivity index (χ2v) is 8.99. The molecule has 0 aliphatic carbocycles. The van der Waals surface area contributed by atoms with E-state index >= 15 is 0 Å². The molecule has 0 spiro atoms. The number of amides is 1. The monoisotopic (exact) mass is 510 g/mol. The van der Waals surface area contributed by atoms with Crippen LogP contribution < -0.4 is 15.4 Å². The zero-order chi connectivity index (χ0) is 25.7. The van der Waals surface area contributed by atoms with Gasteiger partial charge in [-0.2, -0.15) is 0 Å². The summed E-state index contributed by atoms with van der Waals surface area (Å²) in [6, 6.07) is 28.2. The lowest BCUT2D eigenvalue weighted by atomic mass is 10.1. The van der Waals surface area contributed by atoms with Crippen molar-refractivity contribution in [1.82, 2.24) is 9.97 Å². The van der Waals surface area contributed by atoms with E-state index < -0.39 is 12.2 Å². The Hall–Kier alpha value is -4.47. The fraction of sp³-hybridized carbons (Fsp3) is 0.207. The van der Waals surface area contributed by atoms with E-state index in [9.17, 15) is 4.79 Å². The summed E-state index contributed by atoms with van der Waals surface area (Å²) in [5.74, 6) is 1.90. The molecule has 1 aromatic heterocycles. The number of hydrogen-bond donors (Lipinski definition) is 2. The Morgan fingerprint density at radius 2 is 1.53 bits per heavy atom. The maximum atomic E-state index is 12.6. The highest BCUT2D eigenvalue weighted by atomic mass is 16.6. The first-order valence-electron chi connectivity index (χ1n) is 12.4. The SMILES string of the molecule is O=C(Nc1ccc(Oc2ccccc2)cc1)O[C@@H]1CO[C@H]2[C@@H]1OC[C@@H]2Nc1nccc(-c2ccccc2)n1. The van der Waals surface area contributed by atoms with Gasteiger partial charge in [-0.25, -0.2) is 14.8 Å². The molecular formula is C29H26N4O5. The van der Waals surface area contributed by atoms with Crippen molar-refractivity contribution in [3.8, 4) is 22.8 Å². The number of carbonyl (C=O) groups is 1. The van der Waals surface area contributed by atoms with Gasteiger partial charge in [0, 0.05) is 17.4 Å². The van der Waals surface area contributed by atoms with Crippen molar-refractivity contribution in [3.63, 3.8) is 0 Å². The number of nitrogens with one attached hydrogen (secondary N) is 2. The Kier molecular flexibility index (Phi) is 6.84. The van der Waals surface area contributed by atoms with E-state index in [1.807, 2.05) is 66.7 Å². The molecule has 0 saturated carbocycles. The molecule has 2 aliphatic rings. The van der Waals surface area contributed by atoms with Crippen LogP contribution in [0, 0.1) is 0 Å².